The molecule has 0 bridgehead atoms. The first-order valence-electron chi connectivity index (χ1n) is 8.84. The summed E-state index contributed by atoms with van der Waals surface area (Å²) in [5.74, 6) is -1.48. The van der Waals surface area contributed by atoms with Crippen LogP contribution < -0.4 is 0 Å². The summed E-state index contributed by atoms with van der Waals surface area (Å²) in [5, 5.41) is 30.1. The summed E-state index contributed by atoms with van der Waals surface area (Å²) in [6.07, 6.45) is 2.79. The summed E-state index contributed by atoms with van der Waals surface area (Å²) in [5.41, 5.74) is -0.516. The van der Waals surface area contributed by atoms with Gasteiger partial charge in [-0.25, -0.2) is 18.4 Å². The molecule has 166 valence electrons. The van der Waals surface area contributed by atoms with Crippen molar-refractivity contribution in [2.24, 2.45) is 0 Å². The molecule has 0 radical (unpaired) electrons. The fourth-order valence-corrected chi connectivity index (χ4v) is 3.43. The average Bonchev–Trinajstić information content (AvgIpc) is 3.15. The van der Waals surface area contributed by atoms with Crippen molar-refractivity contribution in [3.05, 3.63) is 96.8 Å². The van der Waals surface area contributed by atoms with E-state index in [2.05, 4.69) is 32.7 Å². The number of halogens is 3. The van der Waals surface area contributed by atoms with E-state index in [0.717, 1.165) is 21.3 Å². The minimum atomic E-state index is -1.75. The molecule has 3 rings (SSSR count). The highest BCUT2D eigenvalue weighted by molar-refractivity contribution is 14.1. The van der Waals surface area contributed by atoms with Crippen LogP contribution in [0, 0.1) is 30.5 Å². The SMILES string of the molecule is CN(Cc1ccc(I)cc1)C[C@](O)(Cn1cncn1)c1ccc(F)cc1F.O=[N+]([O-])[O-]. The van der Waals surface area contributed by atoms with Crippen molar-refractivity contribution in [1.29, 1.82) is 0 Å². The maximum absolute atomic E-state index is 14.4. The fraction of sp³-hybridized carbons (Fsp3) is 0.263. The van der Waals surface area contributed by atoms with Crippen molar-refractivity contribution in [3.8, 4) is 0 Å². The average molecular weight is 546 g/mol. The van der Waals surface area contributed by atoms with Gasteiger partial charge in [0.2, 0.25) is 0 Å². The predicted molar refractivity (Wildman–Crippen MR) is 116 cm³/mol. The van der Waals surface area contributed by atoms with E-state index in [4.69, 9.17) is 15.3 Å². The molecule has 9 nitrogen and oxygen atoms in total. The maximum atomic E-state index is 14.4. The molecule has 1 heterocycles. The van der Waals surface area contributed by atoms with Crippen molar-refractivity contribution < 1.29 is 19.0 Å². The number of likely N-dealkylation sites (N-methyl/N-ethyl adjacent to an activating group) is 1. The Kier molecular flexibility index (Phi) is 8.76. The second kappa shape index (κ2) is 11.1. The Hall–Kier alpha value is -2.71. The van der Waals surface area contributed by atoms with Gasteiger partial charge in [0.05, 0.1) is 11.6 Å². The minimum Gasteiger partial charge on any atom is -0.382 e. The summed E-state index contributed by atoms with van der Waals surface area (Å²) >= 11 is 2.24. The summed E-state index contributed by atoms with van der Waals surface area (Å²) in [7, 11) is 1.84. The Labute approximate surface area is 190 Å². The Morgan fingerprint density at radius 3 is 2.42 bits per heavy atom. The van der Waals surface area contributed by atoms with Crippen LogP contribution in [0.5, 0.6) is 0 Å². The number of hydrogen-bond donors (Lipinski definition) is 1. The van der Waals surface area contributed by atoms with Crippen LogP contribution in [0.3, 0.4) is 0 Å². The van der Waals surface area contributed by atoms with E-state index in [0.29, 0.717) is 6.54 Å². The first kappa shape index (κ1) is 24.6. The van der Waals surface area contributed by atoms with Gasteiger partial charge in [-0.15, -0.1) is 0 Å². The predicted octanol–water partition coefficient (Wildman–Crippen LogP) is 2.94. The van der Waals surface area contributed by atoms with Gasteiger partial charge >= 0.3 is 0 Å². The van der Waals surface area contributed by atoms with E-state index in [9.17, 15) is 13.9 Å². The Morgan fingerprint density at radius 1 is 1.23 bits per heavy atom. The molecule has 1 atom stereocenters. The zero-order valence-electron chi connectivity index (χ0n) is 16.4. The molecule has 12 heteroatoms. The molecule has 0 spiro atoms. The van der Waals surface area contributed by atoms with Crippen LogP contribution in [0.1, 0.15) is 11.1 Å². The van der Waals surface area contributed by atoms with Crippen LogP contribution in [-0.4, -0.2) is 43.4 Å². The summed E-state index contributed by atoms with van der Waals surface area (Å²) in [6.45, 7) is 0.688. The molecule has 0 aliphatic carbocycles. The lowest BCUT2D eigenvalue weighted by Gasteiger charge is -2.33. The normalized spacial score (nSPS) is 12.7. The molecule has 0 saturated carbocycles. The first-order valence-corrected chi connectivity index (χ1v) is 9.92. The Bertz CT molecular complexity index is 987. The molecule has 0 unspecified atom stereocenters. The lowest BCUT2D eigenvalue weighted by molar-refractivity contribution is -0.402. The van der Waals surface area contributed by atoms with E-state index in [1.165, 1.54) is 23.4 Å². The van der Waals surface area contributed by atoms with Crippen LogP contribution in [0.15, 0.2) is 55.1 Å². The van der Waals surface area contributed by atoms with Gasteiger partial charge in [0.1, 0.15) is 29.9 Å². The zero-order valence-corrected chi connectivity index (χ0v) is 18.5. The summed E-state index contributed by atoms with van der Waals surface area (Å²) in [6, 6.07) is 11.2. The van der Waals surface area contributed by atoms with Gasteiger partial charge in [-0.3, -0.25) is 4.90 Å². The highest BCUT2D eigenvalue weighted by atomic mass is 127. The quantitative estimate of drug-likeness (QED) is 0.275. The van der Waals surface area contributed by atoms with Gasteiger partial charge in [0.25, 0.3) is 0 Å². The molecular formula is C19H19F2IN5O4-. The van der Waals surface area contributed by atoms with Gasteiger partial charge in [-0.1, -0.05) is 18.2 Å². The number of rotatable bonds is 7. The standard InChI is InChI=1S/C19H19F2IN4O.NO3/c1-25(9-14-2-5-16(22)6-3-14)10-19(27,11-26-13-23-12-24-26)17-7-4-15(20)8-18(17)21;2-1(3)4/h2-8,12-13,27H,9-11H2,1H3;/q;-1/t19-;/m0./s1. The second-order valence-electron chi connectivity index (χ2n) is 6.77. The van der Waals surface area contributed by atoms with Crippen LogP contribution in [-0.2, 0) is 18.7 Å². The molecular weight excluding hydrogens is 527 g/mol. The molecule has 0 aliphatic heterocycles. The minimum absolute atomic E-state index is 0.00736. The Morgan fingerprint density at radius 2 is 1.87 bits per heavy atom. The molecule has 0 saturated heterocycles. The van der Waals surface area contributed by atoms with E-state index in [-0.39, 0.29) is 18.7 Å². The van der Waals surface area contributed by atoms with Crippen molar-refractivity contribution in [3.63, 3.8) is 0 Å². The van der Waals surface area contributed by atoms with E-state index in [1.807, 2.05) is 36.2 Å². The maximum Gasteiger partial charge on any atom is 0.137 e. The molecule has 1 aromatic heterocycles. The van der Waals surface area contributed by atoms with E-state index in [1.54, 1.807) is 0 Å². The smallest absolute Gasteiger partial charge is 0.137 e. The van der Waals surface area contributed by atoms with Gasteiger partial charge in [-0.2, -0.15) is 5.10 Å². The third kappa shape index (κ3) is 7.80. The molecule has 0 amide bonds. The molecule has 1 N–H and O–H groups in total. The van der Waals surface area contributed by atoms with Crippen LogP contribution in [0.2, 0.25) is 0 Å². The van der Waals surface area contributed by atoms with Gasteiger partial charge < -0.3 is 20.4 Å². The monoisotopic (exact) mass is 546 g/mol. The first-order chi connectivity index (χ1) is 14.6. The van der Waals surface area contributed by atoms with Crippen LogP contribution >= 0.6 is 22.6 Å². The van der Waals surface area contributed by atoms with Gasteiger partial charge in [-0.05, 0) is 53.4 Å². The third-order valence-corrected chi connectivity index (χ3v) is 4.94. The van der Waals surface area contributed by atoms with Crippen molar-refractivity contribution >= 4 is 22.6 Å². The van der Waals surface area contributed by atoms with Gasteiger partial charge in [0.15, 0.2) is 0 Å². The molecule has 2 aromatic carbocycles. The molecule has 31 heavy (non-hydrogen) atoms. The van der Waals surface area contributed by atoms with Crippen molar-refractivity contribution in [2.75, 3.05) is 13.6 Å². The largest absolute Gasteiger partial charge is 0.382 e. The Balaban J connectivity index is 0.000000785. The van der Waals surface area contributed by atoms with E-state index < -0.39 is 22.3 Å². The summed E-state index contributed by atoms with van der Waals surface area (Å²) < 4.78 is 30.3. The van der Waals surface area contributed by atoms with Crippen LogP contribution in [0.4, 0.5) is 8.78 Å². The van der Waals surface area contributed by atoms with Gasteiger partial charge in [0, 0.05) is 28.3 Å². The molecule has 0 fully saturated rings. The lowest BCUT2D eigenvalue weighted by atomic mass is 9.92. The number of hydrogen-bond acceptors (Lipinski definition) is 7. The second-order valence-corrected chi connectivity index (χ2v) is 8.02. The number of benzene rings is 2. The topological polar surface area (TPSA) is 120 Å². The highest BCUT2D eigenvalue weighted by Gasteiger charge is 2.34. The van der Waals surface area contributed by atoms with Crippen molar-refractivity contribution in [1.82, 2.24) is 19.7 Å². The molecule has 3 aromatic rings. The highest BCUT2D eigenvalue weighted by Crippen LogP contribution is 2.28. The van der Waals surface area contributed by atoms with Crippen molar-refractivity contribution in [2.45, 2.75) is 18.7 Å². The molecule has 0 aliphatic rings. The third-order valence-electron chi connectivity index (χ3n) is 4.22. The summed E-state index contributed by atoms with van der Waals surface area (Å²) in [4.78, 5) is 14.0. The van der Waals surface area contributed by atoms with Crippen LogP contribution in [0.25, 0.3) is 0 Å². The fourth-order valence-electron chi connectivity index (χ4n) is 3.07. The number of aliphatic hydroxyl groups is 1. The lowest BCUT2D eigenvalue weighted by Crippen LogP contribution is -2.43. The zero-order chi connectivity index (χ0) is 23.0. The number of aromatic nitrogens is 3. The number of nitrogens with zero attached hydrogens (tertiary/aromatic N) is 5. The van der Waals surface area contributed by atoms with E-state index >= 15 is 0 Å².